The van der Waals surface area contributed by atoms with E-state index in [9.17, 15) is 9.18 Å². The summed E-state index contributed by atoms with van der Waals surface area (Å²) in [5, 5.41) is 2.85. The minimum Gasteiger partial charge on any atom is -0.353 e. The maximum Gasteiger partial charge on any atom is 0.244 e. The second-order valence-electron chi connectivity index (χ2n) is 5.09. The van der Waals surface area contributed by atoms with Crippen molar-refractivity contribution in [1.82, 2.24) is 5.32 Å². The third kappa shape index (κ3) is 4.51. The average molecular weight is 261 g/mol. The molecule has 1 aliphatic carbocycles. The highest BCUT2D eigenvalue weighted by molar-refractivity contribution is 5.91. The lowest BCUT2D eigenvalue weighted by atomic mass is 10.0. The van der Waals surface area contributed by atoms with Crippen molar-refractivity contribution in [3.8, 4) is 0 Å². The largest absolute Gasteiger partial charge is 0.353 e. The molecule has 1 N–H and O–H groups in total. The summed E-state index contributed by atoms with van der Waals surface area (Å²) in [5.41, 5.74) is 0.438. The fraction of sp³-hybridized carbons (Fsp3) is 0.438. The number of hydrogen-bond acceptors (Lipinski definition) is 1. The zero-order valence-corrected chi connectivity index (χ0v) is 11.1. The van der Waals surface area contributed by atoms with E-state index in [1.54, 1.807) is 18.2 Å². The van der Waals surface area contributed by atoms with Gasteiger partial charge in [-0.05, 0) is 24.5 Å². The number of halogens is 1. The number of nitrogens with one attached hydrogen (secondary N) is 1. The fourth-order valence-corrected chi connectivity index (χ4v) is 2.53. The van der Waals surface area contributed by atoms with Crippen molar-refractivity contribution in [2.24, 2.45) is 5.92 Å². The van der Waals surface area contributed by atoms with Crippen molar-refractivity contribution in [2.45, 2.75) is 32.1 Å². The molecule has 0 unspecified atom stereocenters. The molecule has 0 bridgehead atoms. The lowest BCUT2D eigenvalue weighted by Gasteiger charge is -2.08. The van der Waals surface area contributed by atoms with Gasteiger partial charge in [-0.3, -0.25) is 4.79 Å². The second kappa shape index (κ2) is 7.07. The van der Waals surface area contributed by atoms with E-state index in [1.807, 2.05) is 0 Å². The van der Waals surface area contributed by atoms with Crippen LogP contribution in [0.5, 0.6) is 0 Å². The van der Waals surface area contributed by atoms with Crippen molar-refractivity contribution in [1.29, 1.82) is 0 Å². The SMILES string of the molecule is O=C(/C=C/c1ccccc1F)NCCC1CCCC1. The Morgan fingerprint density at radius 2 is 2.05 bits per heavy atom. The molecule has 1 fully saturated rings. The fourth-order valence-electron chi connectivity index (χ4n) is 2.53. The zero-order chi connectivity index (χ0) is 13.5. The van der Waals surface area contributed by atoms with Gasteiger partial charge in [-0.15, -0.1) is 0 Å². The van der Waals surface area contributed by atoms with Crippen LogP contribution < -0.4 is 5.32 Å². The quantitative estimate of drug-likeness (QED) is 0.807. The minimum absolute atomic E-state index is 0.152. The van der Waals surface area contributed by atoms with Crippen molar-refractivity contribution >= 4 is 12.0 Å². The maximum absolute atomic E-state index is 13.3. The van der Waals surface area contributed by atoms with Crippen molar-refractivity contribution in [3.05, 3.63) is 41.7 Å². The Labute approximate surface area is 113 Å². The molecule has 0 saturated heterocycles. The summed E-state index contributed by atoms with van der Waals surface area (Å²) >= 11 is 0. The molecule has 19 heavy (non-hydrogen) atoms. The van der Waals surface area contributed by atoms with E-state index in [0.29, 0.717) is 12.1 Å². The van der Waals surface area contributed by atoms with Gasteiger partial charge in [-0.2, -0.15) is 0 Å². The number of carbonyl (C=O) groups excluding carboxylic acids is 1. The second-order valence-corrected chi connectivity index (χ2v) is 5.09. The molecule has 102 valence electrons. The molecule has 1 aromatic carbocycles. The van der Waals surface area contributed by atoms with Crippen LogP contribution in [0.3, 0.4) is 0 Å². The molecule has 1 aromatic rings. The number of amides is 1. The summed E-state index contributed by atoms with van der Waals surface area (Å²) in [4.78, 5) is 11.6. The summed E-state index contributed by atoms with van der Waals surface area (Å²) in [6.07, 6.45) is 9.20. The Kier molecular flexibility index (Phi) is 5.13. The van der Waals surface area contributed by atoms with Gasteiger partial charge in [-0.25, -0.2) is 4.39 Å². The van der Waals surface area contributed by atoms with Gasteiger partial charge in [-0.1, -0.05) is 43.9 Å². The molecule has 0 aromatic heterocycles. The molecule has 0 radical (unpaired) electrons. The van der Waals surface area contributed by atoms with Crippen LogP contribution in [0.25, 0.3) is 6.08 Å². The Hall–Kier alpha value is -1.64. The smallest absolute Gasteiger partial charge is 0.244 e. The minimum atomic E-state index is -0.308. The van der Waals surface area contributed by atoms with Crippen LogP contribution in [0.2, 0.25) is 0 Å². The third-order valence-electron chi connectivity index (χ3n) is 3.65. The summed E-state index contributed by atoms with van der Waals surface area (Å²) < 4.78 is 13.3. The van der Waals surface area contributed by atoms with Crippen molar-refractivity contribution in [3.63, 3.8) is 0 Å². The first-order valence-electron chi connectivity index (χ1n) is 6.96. The third-order valence-corrected chi connectivity index (χ3v) is 3.65. The van der Waals surface area contributed by atoms with Gasteiger partial charge in [0.15, 0.2) is 0 Å². The molecular weight excluding hydrogens is 241 g/mol. The van der Waals surface area contributed by atoms with Crippen molar-refractivity contribution < 1.29 is 9.18 Å². The van der Waals surface area contributed by atoms with Gasteiger partial charge < -0.3 is 5.32 Å². The number of hydrogen-bond donors (Lipinski definition) is 1. The molecule has 1 aliphatic rings. The molecule has 1 saturated carbocycles. The van der Waals surface area contributed by atoms with Gasteiger partial charge in [0.1, 0.15) is 5.82 Å². The van der Waals surface area contributed by atoms with E-state index < -0.39 is 0 Å². The summed E-state index contributed by atoms with van der Waals surface area (Å²) in [5.74, 6) is 0.314. The van der Waals surface area contributed by atoms with Gasteiger partial charge in [0.05, 0.1) is 0 Å². The van der Waals surface area contributed by atoms with Crippen LogP contribution in [0.15, 0.2) is 30.3 Å². The highest BCUT2D eigenvalue weighted by Gasteiger charge is 2.14. The van der Waals surface area contributed by atoms with E-state index in [-0.39, 0.29) is 11.7 Å². The van der Waals surface area contributed by atoms with E-state index in [1.165, 1.54) is 43.9 Å². The zero-order valence-electron chi connectivity index (χ0n) is 11.1. The lowest BCUT2D eigenvalue weighted by Crippen LogP contribution is -2.23. The first-order chi connectivity index (χ1) is 9.25. The molecule has 2 rings (SSSR count). The van der Waals surface area contributed by atoms with E-state index in [4.69, 9.17) is 0 Å². The van der Waals surface area contributed by atoms with E-state index in [2.05, 4.69) is 5.32 Å². The van der Waals surface area contributed by atoms with Gasteiger partial charge in [0, 0.05) is 18.2 Å². The summed E-state index contributed by atoms with van der Waals surface area (Å²) in [7, 11) is 0. The molecule has 0 atom stereocenters. The molecule has 0 spiro atoms. The molecular formula is C16H20FNO. The summed E-state index contributed by atoms with van der Waals surface area (Å²) in [6, 6.07) is 6.42. The van der Waals surface area contributed by atoms with Crippen molar-refractivity contribution in [2.75, 3.05) is 6.54 Å². The van der Waals surface area contributed by atoms with E-state index >= 15 is 0 Å². The van der Waals surface area contributed by atoms with Crippen LogP contribution in [0.1, 0.15) is 37.7 Å². The molecule has 0 heterocycles. The Balaban J connectivity index is 1.73. The molecule has 3 heteroatoms. The Bertz CT molecular complexity index is 450. The standard InChI is InChI=1S/C16H20FNO/c17-15-8-4-3-7-14(15)9-10-16(19)18-12-11-13-5-1-2-6-13/h3-4,7-10,13H,1-2,5-6,11-12H2,(H,18,19)/b10-9+. The van der Waals surface area contributed by atoms with Gasteiger partial charge in [0.2, 0.25) is 5.91 Å². The predicted octanol–water partition coefficient (Wildman–Crippen LogP) is 3.54. The monoisotopic (exact) mass is 261 g/mol. The lowest BCUT2D eigenvalue weighted by molar-refractivity contribution is -0.116. The molecule has 0 aliphatic heterocycles. The first kappa shape index (κ1) is 13.8. The van der Waals surface area contributed by atoms with Crippen LogP contribution in [0.4, 0.5) is 4.39 Å². The average Bonchev–Trinajstić information content (AvgIpc) is 2.91. The van der Waals surface area contributed by atoms with Gasteiger partial charge >= 0.3 is 0 Å². The normalized spacial score (nSPS) is 16.1. The molecule has 2 nitrogen and oxygen atoms in total. The topological polar surface area (TPSA) is 29.1 Å². The van der Waals surface area contributed by atoms with Crippen LogP contribution >= 0.6 is 0 Å². The highest BCUT2D eigenvalue weighted by atomic mass is 19.1. The first-order valence-corrected chi connectivity index (χ1v) is 6.96. The predicted molar refractivity (Wildman–Crippen MR) is 75.0 cm³/mol. The number of carbonyl (C=O) groups is 1. The molecule has 1 amide bonds. The Morgan fingerprint density at radius 1 is 1.32 bits per heavy atom. The van der Waals surface area contributed by atoms with E-state index in [0.717, 1.165) is 12.3 Å². The maximum atomic E-state index is 13.3. The number of rotatable bonds is 5. The van der Waals surface area contributed by atoms with Crippen LogP contribution in [-0.2, 0) is 4.79 Å². The number of benzene rings is 1. The van der Waals surface area contributed by atoms with Crippen LogP contribution in [-0.4, -0.2) is 12.5 Å². The highest BCUT2D eigenvalue weighted by Crippen LogP contribution is 2.26. The summed E-state index contributed by atoms with van der Waals surface area (Å²) in [6.45, 7) is 0.713. The van der Waals surface area contributed by atoms with Crippen LogP contribution in [0, 0.1) is 11.7 Å². The van der Waals surface area contributed by atoms with Gasteiger partial charge in [0.25, 0.3) is 0 Å². The Morgan fingerprint density at radius 3 is 2.79 bits per heavy atom.